The molecule has 1 saturated heterocycles. The smallest absolute Gasteiger partial charge is 0.252 e. The largest absolute Gasteiger partial charge is 0.377 e. The van der Waals surface area contributed by atoms with Crippen molar-refractivity contribution in [1.29, 1.82) is 0 Å². The molecular formula is C25H26N6O. The third-order valence-corrected chi connectivity index (χ3v) is 6.88. The summed E-state index contributed by atoms with van der Waals surface area (Å²) in [7, 11) is 1.93. The lowest BCUT2D eigenvalue weighted by atomic mass is 9.77. The Morgan fingerprint density at radius 3 is 2.69 bits per heavy atom. The van der Waals surface area contributed by atoms with Crippen molar-refractivity contribution in [2.24, 2.45) is 7.05 Å². The van der Waals surface area contributed by atoms with Crippen LogP contribution in [0.25, 0.3) is 5.57 Å². The average Bonchev–Trinajstić information content (AvgIpc) is 3.13. The molecule has 7 nitrogen and oxygen atoms in total. The molecule has 0 radical (unpaired) electrons. The van der Waals surface area contributed by atoms with Crippen molar-refractivity contribution in [1.82, 2.24) is 25.0 Å². The van der Waals surface area contributed by atoms with Gasteiger partial charge in [0.1, 0.15) is 12.2 Å². The minimum atomic E-state index is -0.0647. The van der Waals surface area contributed by atoms with Crippen LogP contribution in [0.15, 0.2) is 54.9 Å². The van der Waals surface area contributed by atoms with Crippen molar-refractivity contribution in [3.05, 3.63) is 82.9 Å². The standard InChI is InChI=1S/C25H26N6O/c1-30-24(27-15-28-30)22-18-10-11-26-25(32)19-4-2-5-20(21(18)19)29-23(22)17-8-6-16(7-9-17)14-31-12-3-13-31/h2,4-10,15,22-23,29H,3,11-14H2,1H3,(H,26,32). The molecule has 6 rings (SSSR count). The van der Waals surface area contributed by atoms with E-state index in [1.54, 1.807) is 6.33 Å². The molecule has 0 saturated carbocycles. The van der Waals surface area contributed by atoms with Crippen molar-refractivity contribution >= 4 is 17.2 Å². The van der Waals surface area contributed by atoms with Gasteiger partial charge in [0.05, 0.1) is 12.0 Å². The van der Waals surface area contributed by atoms with E-state index in [0.29, 0.717) is 12.1 Å². The number of hydrogen-bond donors (Lipinski definition) is 2. The highest BCUT2D eigenvalue weighted by atomic mass is 16.1. The van der Waals surface area contributed by atoms with Crippen LogP contribution in [0.3, 0.4) is 0 Å². The van der Waals surface area contributed by atoms with E-state index in [1.165, 1.54) is 30.6 Å². The first-order chi connectivity index (χ1) is 15.7. The molecule has 0 bridgehead atoms. The monoisotopic (exact) mass is 426 g/mol. The summed E-state index contributed by atoms with van der Waals surface area (Å²) in [5.74, 6) is 0.777. The summed E-state index contributed by atoms with van der Waals surface area (Å²) >= 11 is 0. The van der Waals surface area contributed by atoms with Gasteiger partial charge in [0.15, 0.2) is 0 Å². The van der Waals surface area contributed by atoms with E-state index >= 15 is 0 Å². The summed E-state index contributed by atoms with van der Waals surface area (Å²) in [5, 5.41) is 11.1. The second kappa shape index (κ2) is 7.60. The van der Waals surface area contributed by atoms with E-state index < -0.39 is 0 Å². The molecule has 3 aliphatic rings. The van der Waals surface area contributed by atoms with E-state index in [9.17, 15) is 4.79 Å². The maximum atomic E-state index is 12.7. The number of benzene rings is 2. The van der Waals surface area contributed by atoms with E-state index in [-0.39, 0.29) is 17.9 Å². The molecule has 162 valence electrons. The zero-order valence-electron chi connectivity index (χ0n) is 18.1. The molecule has 0 spiro atoms. The average molecular weight is 427 g/mol. The van der Waals surface area contributed by atoms with Crippen LogP contribution >= 0.6 is 0 Å². The van der Waals surface area contributed by atoms with Crippen LogP contribution in [-0.4, -0.2) is 45.2 Å². The lowest BCUT2D eigenvalue weighted by Crippen LogP contribution is -2.36. The van der Waals surface area contributed by atoms with E-state index in [4.69, 9.17) is 0 Å². The second-order valence-electron chi connectivity index (χ2n) is 8.81. The lowest BCUT2D eigenvalue weighted by molar-refractivity contribution is 0.0958. The quantitative estimate of drug-likeness (QED) is 0.671. The maximum Gasteiger partial charge on any atom is 0.252 e. The summed E-state index contributed by atoms with van der Waals surface area (Å²) in [6.45, 7) is 3.90. The summed E-state index contributed by atoms with van der Waals surface area (Å²) in [5.41, 5.74) is 6.32. The molecule has 2 unspecified atom stereocenters. The Morgan fingerprint density at radius 1 is 1.12 bits per heavy atom. The van der Waals surface area contributed by atoms with Gasteiger partial charge in [0.2, 0.25) is 0 Å². The number of anilines is 1. The first-order valence-corrected chi connectivity index (χ1v) is 11.2. The van der Waals surface area contributed by atoms with Crippen molar-refractivity contribution < 1.29 is 4.79 Å². The number of aromatic nitrogens is 3. The number of likely N-dealkylation sites (tertiary alicyclic amines) is 1. The van der Waals surface area contributed by atoms with Crippen molar-refractivity contribution in [3.63, 3.8) is 0 Å². The third kappa shape index (κ3) is 3.12. The predicted molar refractivity (Wildman–Crippen MR) is 123 cm³/mol. The van der Waals surface area contributed by atoms with Crippen LogP contribution in [0.4, 0.5) is 5.69 Å². The summed E-state index contributed by atoms with van der Waals surface area (Å²) in [6, 6.07) is 14.8. The molecule has 1 aromatic heterocycles. The first kappa shape index (κ1) is 19.3. The topological polar surface area (TPSA) is 75.1 Å². The van der Waals surface area contributed by atoms with Crippen molar-refractivity contribution in [3.8, 4) is 0 Å². The number of hydrogen-bond acceptors (Lipinski definition) is 5. The van der Waals surface area contributed by atoms with Gasteiger partial charge in [-0.2, -0.15) is 5.10 Å². The molecule has 0 aliphatic carbocycles. The van der Waals surface area contributed by atoms with Gasteiger partial charge in [0.25, 0.3) is 5.91 Å². The molecule has 3 aliphatic heterocycles. The summed E-state index contributed by atoms with van der Waals surface area (Å²) in [6.07, 6.45) is 5.04. The van der Waals surface area contributed by atoms with Gasteiger partial charge < -0.3 is 10.6 Å². The van der Waals surface area contributed by atoms with Crippen LogP contribution in [0.5, 0.6) is 0 Å². The number of nitrogens with one attached hydrogen (secondary N) is 2. The van der Waals surface area contributed by atoms with Crippen LogP contribution < -0.4 is 10.6 Å². The fourth-order valence-electron chi connectivity index (χ4n) is 5.12. The zero-order valence-corrected chi connectivity index (χ0v) is 18.1. The van der Waals surface area contributed by atoms with Gasteiger partial charge in [-0.05, 0) is 48.3 Å². The van der Waals surface area contributed by atoms with Crippen molar-refractivity contribution in [2.45, 2.75) is 24.9 Å². The van der Waals surface area contributed by atoms with Gasteiger partial charge in [-0.1, -0.05) is 36.4 Å². The Morgan fingerprint density at radius 2 is 1.97 bits per heavy atom. The number of aryl methyl sites for hydroxylation is 1. The molecule has 2 atom stereocenters. The summed E-state index contributed by atoms with van der Waals surface area (Å²) in [4.78, 5) is 19.8. The Kier molecular flexibility index (Phi) is 4.57. The summed E-state index contributed by atoms with van der Waals surface area (Å²) < 4.78 is 1.84. The Hall–Kier alpha value is -3.45. The molecule has 2 aromatic carbocycles. The van der Waals surface area contributed by atoms with Crippen LogP contribution in [0, 0.1) is 0 Å². The Balaban J connectivity index is 1.46. The van der Waals surface area contributed by atoms with E-state index in [0.717, 1.165) is 29.2 Å². The zero-order chi connectivity index (χ0) is 21.7. The second-order valence-corrected chi connectivity index (χ2v) is 8.81. The van der Waals surface area contributed by atoms with Crippen LogP contribution in [0.1, 0.15) is 51.3 Å². The van der Waals surface area contributed by atoms with Crippen LogP contribution in [0.2, 0.25) is 0 Å². The highest BCUT2D eigenvalue weighted by molar-refractivity contribution is 6.04. The van der Waals surface area contributed by atoms with Gasteiger partial charge in [-0.25, -0.2) is 4.98 Å². The van der Waals surface area contributed by atoms with Gasteiger partial charge in [-0.15, -0.1) is 0 Å². The van der Waals surface area contributed by atoms with Crippen molar-refractivity contribution in [2.75, 3.05) is 25.0 Å². The van der Waals surface area contributed by atoms with Crippen LogP contribution in [-0.2, 0) is 13.6 Å². The molecule has 3 aromatic rings. The maximum absolute atomic E-state index is 12.7. The van der Waals surface area contributed by atoms with Gasteiger partial charge >= 0.3 is 0 Å². The number of amides is 1. The Bertz CT molecular complexity index is 1210. The predicted octanol–water partition coefficient (Wildman–Crippen LogP) is 3.10. The van der Waals surface area contributed by atoms with E-state index in [2.05, 4.69) is 62.0 Å². The highest BCUT2D eigenvalue weighted by Crippen LogP contribution is 2.50. The fourth-order valence-corrected chi connectivity index (χ4v) is 5.12. The molecule has 1 amide bonds. The fraction of sp³-hybridized carbons (Fsp3) is 0.320. The number of carbonyl (C=O) groups is 1. The number of nitrogens with zero attached hydrogens (tertiary/aromatic N) is 4. The molecule has 4 heterocycles. The molecule has 7 heteroatoms. The minimum absolute atomic E-state index is 0.0156. The molecule has 32 heavy (non-hydrogen) atoms. The first-order valence-electron chi connectivity index (χ1n) is 11.2. The number of rotatable bonds is 4. The molecule has 1 fully saturated rings. The third-order valence-electron chi connectivity index (χ3n) is 6.88. The normalized spacial score (nSPS) is 22.2. The Labute approximate surface area is 187 Å². The molecule has 2 N–H and O–H groups in total. The number of carbonyl (C=O) groups excluding carboxylic acids is 1. The van der Waals surface area contributed by atoms with Gasteiger partial charge in [-0.3, -0.25) is 14.4 Å². The highest BCUT2D eigenvalue weighted by Gasteiger charge is 2.39. The van der Waals surface area contributed by atoms with E-state index in [1.807, 2.05) is 23.9 Å². The van der Waals surface area contributed by atoms with Gasteiger partial charge in [0, 0.05) is 37.0 Å². The molecular weight excluding hydrogens is 400 g/mol. The lowest BCUT2D eigenvalue weighted by Gasteiger charge is -2.37. The SMILES string of the molecule is Cn1ncnc1C1C2=CCNC(=O)c3cccc(c32)NC1c1ccc(CN2CCC2)cc1. The minimum Gasteiger partial charge on any atom is -0.377 e.